The first-order chi connectivity index (χ1) is 10.4. The SMILES string of the molecule is Cc1ccc(C(=O)C(=O)Nc2ccc(F)c([N+](=O)[O-])c2)cc1. The van der Waals surface area contributed by atoms with Gasteiger partial charge in [0, 0.05) is 17.3 Å². The first-order valence-electron chi connectivity index (χ1n) is 6.25. The number of carbonyl (C=O) groups is 2. The minimum Gasteiger partial charge on any atom is -0.319 e. The number of rotatable bonds is 4. The maximum Gasteiger partial charge on any atom is 0.306 e. The first kappa shape index (κ1) is 15.3. The van der Waals surface area contributed by atoms with Crippen LogP contribution in [0.5, 0.6) is 0 Å². The van der Waals surface area contributed by atoms with Crippen molar-refractivity contribution in [1.82, 2.24) is 0 Å². The third-order valence-corrected chi connectivity index (χ3v) is 2.92. The molecule has 0 unspecified atom stereocenters. The first-order valence-corrected chi connectivity index (χ1v) is 6.25. The van der Waals surface area contributed by atoms with Gasteiger partial charge < -0.3 is 5.32 Å². The second-order valence-electron chi connectivity index (χ2n) is 4.57. The number of nitro groups is 1. The second-order valence-corrected chi connectivity index (χ2v) is 4.57. The third kappa shape index (κ3) is 3.32. The smallest absolute Gasteiger partial charge is 0.306 e. The molecule has 0 aliphatic heterocycles. The van der Waals surface area contributed by atoms with Crippen LogP contribution in [0.25, 0.3) is 0 Å². The Hall–Kier alpha value is -3.09. The molecule has 0 aliphatic rings. The van der Waals surface area contributed by atoms with Crippen LogP contribution in [0.15, 0.2) is 42.5 Å². The van der Waals surface area contributed by atoms with E-state index in [-0.39, 0.29) is 11.3 Å². The van der Waals surface area contributed by atoms with Crippen molar-refractivity contribution in [3.8, 4) is 0 Å². The van der Waals surface area contributed by atoms with E-state index in [1.165, 1.54) is 12.1 Å². The van der Waals surface area contributed by atoms with Crippen LogP contribution in [-0.4, -0.2) is 16.6 Å². The Balaban J connectivity index is 2.18. The molecule has 2 aromatic carbocycles. The molecule has 1 N–H and O–H groups in total. The normalized spacial score (nSPS) is 10.1. The van der Waals surface area contributed by atoms with Gasteiger partial charge in [0.2, 0.25) is 5.82 Å². The fourth-order valence-electron chi connectivity index (χ4n) is 1.75. The molecule has 2 rings (SSSR count). The Kier molecular flexibility index (Phi) is 4.26. The highest BCUT2D eigenvalue weighted by molar-refractivity contribution is 6.46. The summed E-state index contributed by atoms with van der Waals surface area (Å²) < 4.78 is 13.2. The lowest BCUT2D eigenvalue weighted by Gasteiger charge is -2.05. The van der Waals surface area contributed by atoms with Crippen LogP contribution in [-0.2, 0) is 4.79 Å². The minimum absolute atomic E-state index is 0.0291. The molecule has 0 aliphatic carbocycles. The summed E-state index contributed by atoms with van der Waals surface area (Å²) in [6, 6.07) is 9.23. The molecular formula is C15H11FN2O4. The zero-order valence-corrected chi connectivity index (χ0v) is 11.5. The Bertz CT molecular complexity index is 757. The number of amides is 1. The van der Waals surface area contributed by atoms with Gasteiger partial charge in [-0.15, -0.1) is 0 Å². The number of nitrogens with one attached hydrogen (secondary N) is 1. The summed E-state index contributed by atoms with van der Waals surface area (Å²) in [6.07, 6.45) is 0. The molecule has 22 heavy (non-hydrogen) atoms. The Morgan fingerprint density at radius 3 is 2.36 bits per heavy atom. The van der Waals surface area contributed by atoms with Crippen molar-refractivity contribution in [1.29, 1.82) is 0 Å². The largest absolute Gasteiger partial charge is 0.319 e. The fraction of sp³-hybridized carbons (Fsp3) is 0.0667. The van der Waals surface area contributed by atoms with Crippen molar-refractivity contribution in [2.24, 2.45) is 0 Å². The van der Waals surface area contributed by atoms with Gasteiger partial charge in [0.1, 0.15) is 0 Å². The fourth-order valence-corrected chi connectivity index (χ4v) is 1.75. The highest BCUT2D eigenvalue weighted by Gasteiger charge is 2.19. The van der Waals surface area contributed by atoms with Gasteiger partial charge in [0.15, 0.2) is 0 Å². The minimum atomic E-state index is -1.02. The zero-order chi connectivity index (χ0) is 16.3. The van der Waals surface area contributed by atoms with Gasteiger partial charge in [0.05, 0.1) is 4.92 Å². The second kappa shape index (κ2) is 6.13. The molecule has 7 heteroatoms. The van der Waals surface area contributed by atoms with E-state index in [4.69, 9.17) is 0 Å². The van der Waals surface area contributed by atoms with Gasteiger partial charge in [0.25, 0.3) is 11.7 Å². The van der Waals surface area contributed by atoms with E-state index in [0.717, 1.165) is 23.8 Å². The molecule has 6 nitrogen and oxygen atoms in total. The van der Waals surface area contributed by atoms with Crippen molar-refractivity contribution >= 4 is 23.1 Å². The van der Waals surface area contributed by atoms with Crippen molar-refractivity contribution in [3.05, 3.63) is 69.5 Å². The number of halogens is 1. The summed E-state index contributed by atoms with van der Waals surface area (Å²) in [4.78, 5) is 33.5. The molecule has 0 heterocycles. The Labute approximate surface area is 124 Å². The number of carbonyl (C=O) groups excluding carboxylic acids is 2. The monoisotopic (exact) mass is 302 g/mol. The average Bonchev–Trinajstić information content (AvgIpc) is 2.49. The van der Waals surface area contributed by atoms with Gasteiger partial charge in [-0.2, -0.15) is 4.39 Å². The standard InChI is InChI=1S/C15H11FN2O4/c1-9-2-4-10(5-3-9)14(19)15(20)17-11-6-7-12(16)13(8-11)18(21)22/h2-8H,1H3,(H,17,20). The number of hydrogen-bond acceptors (Lipinski definition) is 4. The van der Waals surface area contributed by atoms with E-state index in [0.29, 0.717) is 0 Å². The topological polar surface area (TPSA) is 89.3 Å². The highest BCUT2D eigenvalue weighted by Crippen LogP contribution is 2.21. The third-order valence-electron chi connectivity index (χ3n) is 2.92. The number of nitro benzene ring substituents is 1. The van der Waals surface area contributed by atoms with Gasteiger partial charge in [-0.1, -0.05) is 29.8 Å². The molecule has 0 atom stereocenters. The number of benzene rings is 2. The van der Waals surface area contributed by atoms with E-state index in [9.17, 15) is 24.1 Å². The lowest BCUT2D eigenvalue weighted by molar-refractivity contribution is -0.387. The van der Waals surface area contributed by atoms with E-state index in [1.807, 2.05) is 6.92 Å². The average molecular weight is 302 g/mol. The van der Waals surface area contributed by atoms with Gasteiger partial charge in [-0.25, -0.2) is 0 Å². The van der Waals surface area contributed by atoms with Crippen LogP contribution in [0.1, 0.15) is 15.9 Å². The van der Waals surface area contributed by atoms with Crippen molar-refractivity contribution < 1.29 is 18.9 Å². The zero-order valence-electron chi connectivity index (χ0n) is 11.5. The van der Waals surface area contributed by atoms with E-state index >= 15 is 0 Å². The molecular weight excluding hydrogens is 291 g/mol. The molecule has 1 amide bonds. The molecule has 112 valence electrons. The maximum absolute atomic E-state index is 13.2. The number of hydrogen-bond donors (Lipinski definition) is 1. The predicted molar refractivity (Wildman–Crippen MR) is 77.2 cm³/mol. The lowest BCUT2D eigenvalue weighted by Crippen LogP contribution is -2.22. The molecule has 0 radical (unpaired) electrons. The van der Waals surface area contributed by atoms with Gasteiger partial charge >= 0.3 is 5.69 Å². The number of anilines is 1. The van der Waals surface area contributed by atoms with Crippen LogP contribution < -0.4 is 5.32 Å². The van der Waals surface area contributed by atoms with Crippen LogP contribution in [0.2, 0.25) is 0 Å². The number of ketones is 1. The van der Waals surface area contributed by atoms with Crippen LogP contribution in [0, 0.1) is 22.9 Å². The molecule has 0 bridgehead atoms. The van der Waals surface area contributed by atoms with Gasteiger partial charge in [-0.05, 0) is 19.1 Å². The summed E-state index contributed by atoms with van der Waals surface area (Å²) in [7, 11) is 0. The van der Waals surface area contributed by atoms with E-state index in [1.54, 1.807) is 12.1 Å². The predicted octanol–water partition coefficient (Wildman–Crippen LogP) is 2.86. The summed E-state index contributed by atoms with van der Waals surface area (Å²) >= 11 is 0. The molecule has 0 spiro atoms. The van der Waals surface area contributed by atoms with E-state index in [2.05, 4.69) is 5.32 Å². The summed E-state index contributed by atoms with van der Waals surface area (Å²) in [5.41, 5.74) is 0.324. The summed E-state index contributed by atoms with van der Waals surface area (Å²) in [5.74, 6) is -2.76. The van der Waals surface area contributed by atoms with Crippen LogP contribution >= 0.6 is 0 Å². The molecule has 0 fully saturated rings. The van der Waals surface area contributed by atoms with Crippen LogP contribution in [0.3, 0.4) is 0 Å². The maximum atomic E-state index is 13.2. The quantitative estimate of drug-likeness (QED) is 0.407. The van der Waals surface area contributed by atoms with Crippen molar-refractivity contribution in [2.45, 2.75) is 6.92 Å². The van der Waals surface area contributed by atoms with Crippen molar-refractivity contribution in [3.63, 3.8) is 0 Å². The highest BCUT2D eigenvalue weighted by atomic mass is 19.1. The number of Topliss-reactive ketones (excluding diaryl/α,β-unsaturated/α-hetero) is 1. The number of nitrogens with zero attached hydrogens (tertiary/aromatic N) is 1. The Morgan fingerprint density at radius 2 is 1.77 bits per heavy atom. The van der Waals surface area contributed by atoms with Crippen LogP contribution in [0.4, 0.5) is 15.8 Å². The number of aryl methyl sites for hydroxylation is 1. The summed E-state index contributed by atoms with van der Waals surface area (Å²) in [6.45, 7) is 1.84. The van der Waals surface area contributed by atoms with E-state index < -0.39 is 28.1 Å². The lowest BCUT2D eigenvalue weighted by atomic mass is 10.1. The summed E-state index contributed by atoms with van der Waals surface area (Å²) in [5, 5.41) is 12.9. The van der Waals surface area contributed by atoms with Gasteiger partial charge in [-0.3, -0.25) is 19.7 Å². The molecule has 0 saturated carbocycles. The molecule has 0 saturated heterocycles. The Morgan fingerprint density at radius 1 is 1.14 bits per heavy atom. The molecule has 0 aromatic heterocycles. The molecule has 2 aromatic rings. The van der Waals surface area contributed by atoms with Crippen molar-refractivity contribution in [2.75, 3.05) is 5.32 Å².